The molecule has 0 amide bonds. The van der Waals surface area contributed by atoms with Gasteiger partial charge in [-0.05, 0) is 23.8 Å². The number of aliphatic imine (C=N–C) groups is 1. The molecule has 2 N–H and O–H groups in total. The van der Waals surface area contributed by atoms with E-state index in [4.69, 9.17) is 5.26 Å². The normalized spacial score (nSPS) is 10.9. The molecule has 112 valence electrons. The number of aromatic nitrogens is 1. The molecule has 0 atom stereocenters. The maximum atomic E-state index is 11.8. The number of fused-ring (bicyclic) bond motifs is 1. The largest absolute Gasteiger partial charge is 0.494 e. The van der Waals surface area contributed by atoms with Gasteiger partial charge in [0.25, 0.3) is 5.56 Å². The van der Waals surface area contributed by atoms with Crippen LogP contribution in [-0.4, -0.2) is 16.3 Å². The number of H-pyrrole nitrogens is 1. The van der Waals surface area contributed by atoms with Gasteiger partial charge < -0.3 is 5.11 Å². The van der Waals surface area contributed by atoms with Crippen LogP contribution in [0.4, 0.5) is 5.69 Å². The second-order valence-corrected chi connectivity index (χ2v) is 5.02. The van der Waals surface area contributed by atoms with Crippen LogP contribution < -0.4 is 5.56 Å². The maximum Gasteiger partial charge on any atom is 0.258 e. The third-order valence-electron chi connectivity index (χ3n) is 3.51. The molecule has 2 aromatic carbocycles. The molecule has 0 aliphatic rings. The van der Waals surface area contributed by atoms with Crippen molar-refractivity contribution in [1.82, 2.24) is 4.98 Å². The Kier molecular flexibility index (Phi) is 3.89. The molecule has 0 saturated heterocycles. The molecular weight excluding hydrogens is 290 g/mol. The molecule has 1 aromatic heterocycles. The molecular formula is C18H13N3O2. The summed E-state index contributed by atoms with van der Waals surface area (Å²) in [6.45, 7) is 0. The van der Waals surface area contributed by atoms with Gasteiger partial charge in [-0.2, -0.15) is 5.26 Å². The first kappa shape index (κ1) is 14.5. The van der Waals surface area contributed by atoms with Crippen molar-refractivity contribution in [3.05, 3.63) is 70.0 Å². The SMILES string of the molecule is N#CCc1ccc(N=Cc2c(O)[nH]c(=O)c3ccccc23)cc1. The minimum Gasteiger partial charge on any atom is -0.494 e. The fourth-order valence-electron chi connectivity index (χ4n) is 2.35. The van der Waals surface area contributed by atoms with Crippen molar-refractivity contribution in [3.8, 4) is 11.9 Å². The quantitative estimate of drug-likeness (QED) is 0.729. The van der Waals surface area contributed by atoms with Crippen LogP contribution in [0.1, 0.15) is 11.1 Å². The van der Waals surface area contributed by atoms with E-state index in [1.165, 1.54) is 6.21 Å². The summed E-state index contributed by atoms with van der Waals surface area (Å²) in [7, 11) is 0. The maximum absolute atomic E-state index is 11.8. The van der Waals surface area contributed by atoms with E-state index in [0.29, 0.717) is 28.4 Å². The second-order valence-electron chi connectivity index (χ2n) is 5.02. The van der Waals surface area contributed by atoms with Gasteiger partial charge in [0.15, 0.2) is 0 Å². The Morgan fingerprint density at radius 3 is 2.52 bits per heavy atom. The van der Waals surface area contributed by atoms with Gasteiger partial charge >= 0.3 is 0 Å². The Balaban J connectivity index is 2.01. The van der Waals surface area contributed by atoms with Crippen molar-refractivity contribution in [2.75, 3.05) is 0 Å². The van der Waals surface area contributed by atoms with Gasteiger partial charge in [-0.1, -0.05) is 30.3 Å². The summed E-state index contributed by atoms with van der Waals surface area (Å²) >= 11 is 0. The van der Waals surface area contributed by atoms with E-state index in [9.17, 15) is 9.90 Å². The van der Waals surface area contributed by atoms with Gasteiger partial charge in [0.1, 0.15) is 0 Å². The first-order valence-electron chi connectivity index (χ1n) is 7.03. The number of hydrogen-bond donors (Lipinski definition) is 2. The van der Waals surface area contributed by atoms with Crippen molar-refractivity contribution in [3.63, 3.8) is 0 Å². The molecule has 1 heterocycles. The number of hydrogen-bond acceptors (Lipinski definition) is 4. The standard InChI is InChI=1S/C18H13N3O2/c19-10-9-12-5-7-13(8-6-12)20-11-16-14-3-1-2-4-15(14)17(22)21-18(16)23/h1-8,11H,9H2,(H2,21,22,23). The lowest BCUT2D eigenvalue weighted by Crippen LogP contribution is -2.07. The minimum atomic E-state index is -0.337. The highest BCUT2D eigenvalue weighted by molar-refractivity contribution is 6.01. The van der Waals surface area contributed by atoms with Gasteiger partial charge in [-0.15, -0.1) is 0 Å². The van der Waals surface area contributed by atoms with Crippen LogP contribution in [0.5, 0.6) is 5.88 Å². The lowest BCUT2D eigenvalue weighted by molar-refractivity contribution is 0.452. The molecule has 3 rings (SSSR count). The molecule has 0 spiro atoms. The molecule has 0 unspecified atom stereocenters. The van der Waals surface area contributed by atoms with Crippen molar-refractivity contribution >= 4 is 22.7 Å². The summed E-state index contributed by atoms with van der Waals surface area (Å²) in [6, 6.07) is 16.4. The fourth-order valence-corrected chi connectivity index (χ4v) is 2.35. The minimum absolute atomic E-state index is 0.210. The monoisotopic (exact) mass is 303 g/mol. The number of nitrogens with zero attached hydrogens (tertiary/aromatic N) is 2. The van der Waals surface area contributed by atoms with Crippen LogP contribution in [0.15, 0.2) is 58.3 Å². The molecule has 0 aliphatic heterocycles. The van der Waals surface area contributed by atoms with Crippen LogP contribution in [0.3, 0.4) is 0 Å². The van der Waals surface area contributed by atoms with Crippen molar-refractivity contribution in [2.24, 2.45) is 4.99 Å². The third-order valence-corrected chi connectivity index (χ3v) is 3.51. The summed E-state index contributed by atoms with van der Waals surface area (Å²) in [5.74, 6) is -0.210. The van der Waals surface area contributed by atoms with Crippen LogP contribution in [0.2, 0.25) is 0 Å². The number of nitrogens with one attached hydrogen (secondary N) is 1. The second kappa shape index (κ2) is 6.16. The lowest BCUT2D eigenvalue weighted by atomic mass is 10.1. The molecule has 0 saturated carbocycles. The van der Waals surface area contributed by atoms with Crippen LogP contribution in [0.25, 0.3) is 10.8 Å². The number of benzene rings is 2. The lowest BCUT2D eigenvalue weighted by Gasteiger charge is -2.04. The van der Waals surface area contributed by atoms with Crippen LogP contribution in [0, 0.1) is 11.3 Å². The smallest absolute Gasteiger partial charge is 0.258 e. The zero-order valence-electron chi connectivity index (χ0n) is 12.2. The molecule has 23 heavy (non-hydrogen) atoms. The van der Waals surface area contributed by atoms with E-state index in [0.717, 1.165) is 5.56 Å². The van der Waals surface area contributed by atoms with Crippen LogP contribution >= 0.6 is 0 Å². The van der Waals surface area contributed by atoms with E-state index in [1.54, 1.807) is 36.4 Å². The Morgan fingerprint density at radius 1 is 1.13 bits per heavy atom. The number of rotatable bonds is 3. The van der Waals surface area contributed by atoms with Crippen LogP contribution in [-0.2, 0) is 6.42 Å². The van der Waals surface area contributed by atoms with E-state index in [1.807, 2.05) is 12.1 Å². The number of nitriles is 1. The summed E-state index contributed by atoms with van der Waals surface area (Å²) in [5.41, 5.74) is 1.74. The molecule has 5 nitrogen and oxygen atoms in total. The number of aromatic amines is 1. The fraction of sp³-hybridized carbons (Fsp3) is 0.0556. The average molecular weight is 303 g/mol. The zero-order chi connectivity index (χ0) is 16.2. The van der Waals surface area contributed by atoms with Crippen molar-refractivity contribution in [1.29, 1.82) is 5.26 Å². The predicted molar refractivity (Wildman–Crippen MR) is 89.2 cm³/mol. The molecule has 3 aromatic rings. The molecule has 0 radical (unpaired) electrons. The summed E-state index contributed by atoms with van der Waals surface area (Å²) in [6.07, 6.45) is 1.88. The highest BCUT2D eigenvalue weighted by atomic mass is 16.3. The summed E-state index contributed by atoms with van der Waals surface area (Å²) in [4.78, 5) is 18.6. The number of pyridine rings is 1. The average Bonchev–Trinajstić information content (AvgIpc) is 2.56. The third kappa shape index (κ3) is 2.97. The van der Waals surface area contributed by atoms with Gasteiger partial charge in [-0.3, -0.25) is 14.8 Å². The van der Waals surface area contributed by atoms with Gasteiger partial charge in [0.2, 0.25) is 5.88 Å². The van der Waals surface area contributed by atoms with E-state index in [2.05, 4.69) is 16.0 Å². The number of aromatic hydroxyl groups is 1. The molecule has 5 heteroatoms. The highest BCUT2D eigenvalue weighted by Gasteiger charge is 2.08. The van der Waals surface area contributed by atoms with Gasteiger partial charge in [0.05, 0.1) is 23.7 Å². The molecule has 0 bridgehead atoms. The van der Waals surface area contributed by atoms with Crippen molar-refractivity contribution < 1.29 is 5.11 Å². The Bertz CT molecular complexity index is 980. The summed E-state index contributed by atoms with van der Waals surface area (Å²) < 4.78 is 0. The van der Waals surface area contributed by atoms with E-state index < -0.39 is 0 Å². The Hall–Kier alpha value is -3.39. The van der Waals surface area contributed by atoms with Crippen molar-refractivity contribution in [2.45, 2.75) is 6.42 Å². The Labute approximate surface area is 132 Å². The highest BCUT2D eigenvalue weighted by Crippen LogP contribution is 2.21. The van der Waals surface area contributed by atoms with E-state index >= 15 is 0 Å². The topological polar surface area (TPSA) is 89.2 Å². The first-order valence-corrected chi connectivity index (χ1v) is 7.03. The molecule has 0 aliphatic carbocycles. The predicted octanol–water partition coefficient (Wildman–Crippen LogP) is 3.05. The Morgan fingerprint density at radius 2 is 1.83 bits per heavy atom. The first-order chi connectivity index (χ1) is 11.2. The summed E-state index contributed by atoms with van der Waals surface area (Å²) in [5, 5.41) is 19.8. The molecule has 0 fully saturated rings. The van der Waals surface area contributed by atoms with E-state index in [-0.39, 0.29) is 11.4 Å². The van der Waals surface area contributed by atoms with Gasteiger partial charge in [-0.25, -0.2) is 0 Å². The van der Waals surface area contributed by atoms with Gasteiger partial charge in [0, 0.05) is 17.0 Å². The zero-order valence-corrected chi connectivity index (χ0v) is 12.2.